The van der Waals surface area contributed by atoms with Crippen molar-refractivity contribution in [3.05, 3.63) is 47.2 Å². The molecule has 29 heavy (non-hydrogen) atoms. The van der Waals surface area contributed by atoms with Gasteiger partial charge in [-0.15, -0.1) is 0 Å². The van der Waals surface area contributed by atoms with Crippen molar-refractivity contribution in [2.75, 3.05) is 38.8 Å². The molecule has 1 saturated heterocycles. The van der Waals surface area contributed by atoms with Crippen molar-refractivity contribution < 1.29 is 14.3 Å². The van der Waals surface area contributed by atoms with Gasteiger partial charge in [0.15, 0.2) is 11.5 Å². The molecule has 1 atom stereocenters. The van der Waals surface area contributed by atoms with Crippen LogP contribution in [-0.2, 0) is 13.0 Å². The number of anilines is 1. The first-order valence-corrected chi connectivity index (χ1v) is 10.3. The number of nitrogens with zero attached hydrogens (tertiary/aromatic N) is 3. The number of pyridine rings is 1. The molecule has 1 aromatic carbocycles. The van der Waals surface area contributed by atoms with E-state index in [-0.39, 0.29) is 5.91 Å². The highest BCUT2D eigenvalue weighted by atomic mass is 16.5. The Morgan fingerprint density at radius 3 is 2.52 bits per heavy atom. The Kier molecular flexibility index (Phi) is 5.60. The molecule has 1 fully saturated rings. The van der Waals surface area contributed by atoms with E-state index in [4.69, 9.17) is 9.47 Å². The predicted molar refractivity (Wildman–Crippen MR) is 113 cm³/mol. The Balaban J connectivity index is 1.48. The molecule has 2 aromatic rings. The monoisotopic (exact) mass is 395 g/mol. The zero-order chi connectivity index (χ0) is 20.4. The summed E-state index contributed by atoms with van der Waals surface area (Å²) in [6, 6.07) is 7.89. The maximum absolute atomic E-state index is 13.0. The lowest BCUT2D eigenvalue weighted by molar-refractivity contribution is 0.0734. The van der Waals surface area contributed by atoms with Gasteiger partial charge in [-0.2, -0.15) is 0 Å². The summed E-state index contributed by atoms with van der Waals surface area (Å²) in [5.74, 6) is 3.11. The molecular formula is C23H29N3O3. The van der Waals surface area contributed by atoms with Crippen molar-refractivity contribution in [2.24, 2.45) is 5.92 Å². The van der Waals surface area contributed by atoms with Crippen molar-refractivity contribution in [1.82, 2.24) is 9.88 Å². The number of benzene rings is 1. The summed E-state index contributed by atoms with van der Waals surface area (Å²) < 4.78 is 10.8. The standard InChI is InChI=1S/C23H29N3O3/c1-16-5-4-9-25(14-16)22-7-6-18(13-24-22)23(27)26-10-8-17-11-20(28-2)21(29-3)12-19(17)15-26/h6-7,11-13,16H,4-5,8-10,14-15H2,1-3H3. The maximum atomic E-state index is 13.0. The molecule has 154 valence electrons. The molecule has 0 saturated carbocycles. The number of carbonyl (C=O) groups is 1. The van der Waals surface area contributed by atoms with E-state index in [1.807, 2.05) is 29.2 Å². The quantitative estimate of drug-likeness (QED) is 0.793. The van der Waals surface area contributed by atoms with Crippen LogP contribution >= 0.6 is 0 Å². The summed E-state index contributed by atoms with van der Waals surface area (Å²) in [5, 5.41) is 0. The van der Waals surface area contributed by atoms with Gasteiger partial charge in [-0.1, -0.05) is 6.92 Å². The summed E-state index contributed by atoms with van der Waals surface area (Å²) in [6.07, 6.45) is 5.00. The fourth-order valence-corrected chi connectivity index (χ4v) is 4.34. The van der Waals surface area contributed by atoms with Crippen molar-refractivity contribution in [3.63, 3.8) is 0 Å². The number of amides is 1. The van der Waals surface area contributed by atoms with E-state index in [1.165, 1.54) is 18.4 Å². The Morgan fingerprint density at radius 1 is 1.10 bits per heavy atom. The van der Waals surface area contributed by atoms with Crippen LogP contribution in [-0.4, -0.2) is 49.6 Å². The molecule has 2 aliphatic heterocycles. The molecule has 1 aromatic heterocycles. The van der Waals surface area contributed by atoms with Gasteiger partial charge in [0.05, 0.1) is 19.8 Å². The fourth-order valence-electron chi connectivity index (χ4n) is 4.34. The molecule has 3 heterocycles. The lowest BCUT2D eigenvalue weighted by Crippen LogP contribution is -2.36. The maximum Gasteiger partial charge on any atom is 0.255 e. The summed E-state index contributed by atoms with van der Waals surface area (Å²) >= 11 is 0. The Bertz CT molecular complexity index is 882. The SMILES string of the molecule is COc1cc2c(cc1OC)CN(C(=O)c1ccc(N3CCCC(C)C3)nc1)CC2. The van der Waals surface area contributed by atoms with Gasteiger partial charge < -0.3 is 19.3 Å². The number of hydrogen-bond donors (Lipinski definition) is 0. The van der Waals surface area contributed by atoms with Gasteiger partial charge in [-0.05, 0) is 60.6 Å². The summed E-state index contributed by atoms with van der Waals surface area (Å²) in [7, 11) is 3.27. The van der Waals surface area contributed by atoms with Crippen LogP contribution in [0.15, 0.2) is 30.5 Å². The molecule has 6 heteroatoms. The van der Waals surface area contributed by atoms with Gasteiger partial charge in [0.1, 0.15) is 5.82 Å². The number of aromatic nitrogens is 1. The molecule has 0 N–H and O–H groups in total. The number of hydrogen-bond acceptors (Lipinski definition) is 5. The molecule has 6 nitrogen and oxygen atoms in total. The number of rotatable bonds is 4. The van der Waals surface area contributed by atoms with Gasteiger partial charge in [-0.25, -0.2) is 4.98 Å². The Morgan fingerprint density at radius 2 is 1.86 bits per heavy atom. The zero-order valence-corrected chi connectivity index (χ0v) is 17.5. The third-order valence-electron chi connectivity index (χ3n) is 5.98. The first-order chi connectivity index (χ1) is 14.1. The van der Waals surface area contributed by atoms with Gasteiger partial charge in [0, 0.05) is 32.4 Å². The third-order valence-corrected chi connectivity index (χ3v) is 5.98. The molecule has 1 unspecified atom stereocenters. The van der Waals surface area contributed by atoms with Crippen LogP contribution in [0.4, 0.5) is 5.82 Å². The van der Waals surface area contributed by atoms with Crippen LogP contribution in [0.3, 0.4) is 0 Å². The predicted octanol–water partition coefficient (Wildman–Crippen LogP) is 3.53. The van der Waals surface area contributed by atoms with Gasteiger partial charge in [0.2, 0.25) is 0 Å². The van der Waals surface area contributed by atoms with Gasteiger partial charge in [-0.3, -0.25) is 4.79 Å². The number of ether oxygens (including phenoxy) is 2. The second-order valence-corrected chi connectivity index (χ2v) is 8.05. The van der Waals surface area contributed by atoms with Crippen LogP contribution in [0.5, 0.6) is 11.5 Å². The van der Waals surface area contributed by atoms with E-state index >= 15 is 0 Å². The highest BCUT2D eigenvalue weighted by Crippen LogP contribution is 2.33. The second kappa shape index (κ2) is 8.31. The highest BCUT2D eigenvalue weighted by Gasteiger charge is 2.24. The van der Waals surface area contributed by atoms with E-state index < -0.39 is 0 Å². The summed E-state index contributed by atoms with van der Waals surface area (Å²) in [5.41, 5.74) is 2.95. The molecule has 0 aliphatic carbocycles. The average molecular weight is 396 g/mol. The molecule has 1 amide bonds. The van der Waals surface area contributed by atoms with E-state index in [0.29, 0.717) is 30.3 Å². The van der Waals surface area contributed by atoms with Crippen molar-refractivity contribution in [1.29, 1.82) is 0 Å². The molecule has 0 bridgehead atoms. The topological polar surface area (TPSA) is 54.9 Å². The number of fused-ring (bicyclic) bond motifs is 1. The van der Waals surface area contributed by atoms with Crippen LogP contribution in [0.25, 0.3) is 0 Å². The lowest BCUT2D eigenvalue weighted by Gasteiger charge is -2.32. The minimum atomic E-state index is 0.0245. The van der Waals surface area contributed by atoms with Crippen LogP contribution in [0.1, 0.15) is 41.3 Å². The number of carbonyl (C=O) groups excluding carboxylic acids is 1. The van der Waals surface area contributed by atoms with Crippen molar-refractivity contribution in [2.45, 2.75) is 32.7 Å². The molecule has 0 spiro atoms. The fraction of sp³-hybridized carbons (Fsp3) is 0.478. The second-order valence-electron chi connectivity index (χ2n) is 8.05. The first kappa shape index (κ1) is 19.6. The van der Waals surface area contributed by atoms with Gasteiger partial charge >= 0.3 is 0 Å². The van der Waals surface area contributed by atoms with E-state index in [2.05, 4.69) is 16.8 Å². The molecule has 0 radical (unpaired) electrons. The zero-order valence-electron chi connectivity index (χ0n) is 17.5. The lowest BCUT2D eigenvalue weighted by atomic mass is 9.98. The van der Waals surface area contributed by atoms with E-state index in [9.17, 15) is 4.79 Å². The average Bonchev–Trinajstić information content (AvgIpc) is 2.77. The van der Waals surface area contributed by atoms with E-state index in [1.54, 1.807) is 20.4 Å². The van der Waals surface area contributed by atoms with Crippen molar-refractivity contribution in [3.8, 4) is 11.5 Å². The first-order valence-electron chi connectivity index (χ1n) is 10.3. The largest absolute Gasteiger partial charge is 0.493 e. The normalized spacial score (nSPS) is 18.9. The van der Waals surface area contributed by atoms with Crippen LogP contribution < -0.4 is 14.4 Å². The Labute approximate surface area is 172 Å². The smallest absolute Gasteiger partial charge is 0.255 e. The number of piperidine rings is 1. The molecular weight excluding hydrogens is 366 g/mol. The summed E-state index contributed by atoms with van der Waals surface area (Å²) in [4.78, 5) is 21.8. The molecule has 4 rings (SSSR count). The minimum absolute atomic E-state index is 0.0245. The van der Waals surface area contributed by atoms with E-state index in [0.717, 1.165) is 36.6 Å². The summed E-state index contributed by atoms with van der Waals surface area (Å²) in [6.45, 7) is 5.61. The minimum Gasteiger partial charge on any atom is -0.493 e. The third kappa shape index (κ3) is 4.02. The van der Waals surface area contributed by atoms with Gasteiger partial charge in [0.25, 0.3) is 5.91 Å². The number of methoxy groups -OCH3 is 2. The molecule has 2 aliphatic rings. The van der Waals surface area contributed by atoms with Crippen LogP contribution in [0.2, 0.25) is 0 Å². The Hall–Kier alpha value is -2.76. The highest BCUT2D eigenvalue weighted by molar-refractivity contribution is 5.94. The van der Waals surface area contributed by atoms with Crippen molar-refractivity contribution >= 4 is 11.7 Å². The van der Waals surface area contributed by atoms with Crippen LogP contribution in [0, 0.1) is 5.92 Å².